The molecule has 3 rings (SSSR count). The van der Waals surface area contributed by atoms with E-state index in [0.717, 1.165) is 17.7 Å². The van der Waals surface area contributed by atoms with E-state index in [2.05, 4.69) is 39.9 Å². The molecule has 3 aromatic rings. The number of carbonyl (C=O) groups is 1. The summed E-state index contributed by atoms with van der Waals surface area (Å²) in [5, 5.41) is 20.1. The van der Waals surface area contributed by atoms with Gasteiger partial charge in [0, 0.05) is 5.69 Å². The van der Waals surface area contributed by atoms with Crippen molar-refractivity contribution in [1.29, 1.82) is 0 Å². The number of aromatic nitrogens is 2. The molecular formula is C20H23N5O3S3. The molecule has 2 aromatic carbocycles. The lowest BCUT2D eigenvalue weighted by Crippen LogP contribution is -2.28. The standard InChI is InChI=1S/C20H23N5O3S3/c1-3-14-4-8-16(9-5-14)23-19-24-25-20(30-19)29-12-18(26)22-13(2)15-6-10-17(11-7-15)31(21,27)28/h4-11,13H,3,12H2,1-2H3,(H,22,26)(H,23,24)(H2,21,27,28)/t13-/m1/s1. The zero-order chi connectivity index (χ0) is 22.4. The van der Waals surface area contributed by atoms with Gasteiger partial charge in [-0.25, -0.2) is 13.6 Å². The van der Waals surface area contributed by atoms with Gasteiger partial charge in [0.05, 0.1) is 16.7 Å². The molecule has 0 aliphatic heterocycles. The van der Waals surface area contributed by atoms with Crippen molar-refractivity contribution in [3.8, 4) is 0 Å². The topological polar surface area (TPSA) is 127 Å². The van der Waals surface area contributed by atoms with E-state index in [9.17, 15) is 13.2 Å². The second-order valence-corrected chi connectivity index (χ2v) is 10.5. The number of anilines is 2. The molecule has 4 N–H and O–H groups in total. The predicted octanol–water partition coefficient (Wildman–Crippen LogP) is 3.46. The summed E-state index contributed by atoms with van der Waals surface area (Å²) >= 11 is 2.69. The molecule has 31 heavy (non-hydrogen) atoms. The van der Waals surface area contributed by atoms with Crippen molar-refractivity contribution in [1.82, 2.24) is 15.5 Å². The second kappa shape index (κ2) is 10.2. The van der Waals surface area contributed by atoms with Crippen molar-refractivity contribution < 1.29 is 13.2 Å². The van der Waals surface area contributed by atoms with Crippen LogP contribution in [-0.2, 0) is 21.2 Å². The average Bonchev–Trinajstić information content (AvgIpc) is 3.19. The number of carbonyl (C=O) groups excluding carboxylic acids is 1. The molecule has 0 unspecified atom stereocenters. The molecule has 1 atom stereocenters. The Morgan fingerprint density at radius 3 is 2.42 bits per heavy atom. The minimum atomic E-state index is -3.74. The molecule has 11 heteroatoms. The number of primary sulfonamides is 1. The smallest absolute Gasteiger partial charge is 0.238 e. The fourth-order valence-electron chi connectivity index (χ4n) is 2.71. The second-order valence-electron chi connectivity index (χ2n) is 6.74. The summed E-state index contributed by atoms with van der Waals surface area (Å²) in [5.41, 5.74) is 2.98. The highest BCUT2D eigenvalue weighted by molar-refractivity contribution is 8.01. The molecule has 0 saturated heterocycles. The van der Waals surface area contributed by atoms with E-state index in [1.165, 1.54) is 40.8 Å². The molecule has 1 amide bonds. The largest absolute Gasteiger partial charge is 0.349 e. The Morgan fingerprint density at radius 2 is 1.81 bits per heavy atom. The van der Waals surface area contributed by atoms with E-state index in [1.807, 2.05) is 19.1 Å². The lowest BCUT2D eigenvalue weighted by atomic mass is 10.1. The number of hydrogen-bond acceptors (Lipinski definition) is 8. The Morgan fingerprint density at radius 1 is 1.13 bits per heavy atom. The van der Waals surface area contributed by atoms with E-state index in [0.29, 0.717) is 9.47 Å². The summed E-state index contributed by atoms with van der Waals surface area (Å²) in [6.45, 7) is 3.93. The summed E-state index contributed by atoms with van der Waals surface area (Å²) in [5.74, 6) is 0.0345. The molecule has 8 nitrogen and oxygen atoms in total. The van der Waals surface area contributed by atoms with Gasteiger partial charge in [0.2, 0.25) is 21.1 Å². The first kappa shape index (κ1) is 23.2. The van der Waals surface area contributed by atoms with Crippen LogP contribution in [0.3, 0.4) is 0 Å². The molecule has 0 saturated carbocycles. The van der Waals surface area contributed by atoms with Crippen LogP contribution < -0.4 is 15.8 Å². The fraction of sp³-hybridized carbons (Fsp3) is 0.250. The number of benzene rings is 2. The number of nitrogens with two attached hydrogens (primary N) is 1. The number of amides is 1. The first-order valence-electron chi connectivity index (χ1n) is 9.49. The third-order valence-corrected chi connectivity index (χ3v) is 7.33. The molecule has 1 aromatic heterocycles. The highest BCUT2D eigenvalue weighted by Crippen LogP contribution is 2.28. The number of hydrogen-bond donors (Lipinski definition) is 3. The van der Waals surface area contributed by atoms with Crippen LogP contribution in [0, 0.1) is 0 Å². The average molecular weight is 478 g/mol. The highest BCUT2D eigenvalue weighted by Gasteiger charge is 2.14. The maximum Gasteiger partial charge on any atom is 0.238 e. The number of aryl methyl sites for hydroxylation is 1. The van der Waals surface area contributed by atoms with Gasteiger partial charge < -0.3 is 10.6 Å². The van der Waals surface area contributed by atoms with Crippen LogP contribution >= 0.6 is 23.1 Å². The van der Waals surface area contributed by atoms with Gasteiger partial charge in [-0.05, 0) is 48.7 Å². The lowest BCUT2D eigenvalue weighted by Gasteiger charge is -2.14. The Labute approximate surface area is 189 Å². The van der Waals surface area contributed by atoms with Crippen LogP contribution in [0.1, 0.15) is 31.0 Å². The molecule has 164 valence electrons. The number of rotatable bonds is 9. The minimum Gasteiger partial charge on any atom is -0.349 e. The highest BCUT2D eigenvalue weighted by atomic mass is 32.2. The predicted molar refractivity (Wildman–Crippen MR) is 124 cm³/mol. The Kier molecular flexibility index (Phi) is 7.65. The van der Waals surface area contributed by atoms with Crippen molar-refractivity contribution in [2.75, 3.05) is 11.1 Å². The molecule has 0 aliphatic carbocycles. The maximum atomic E-state index is 12.3. The SMILES string of the molecule is CCc1ccc(Nc2nnc(SCC(=O)N[C@H](C)c3ccc(S(N)(=O)=O)cc3)s2)cc1. The summed E-state index contributed by atoms with van der Waals surface area (Å²) in [7, 11) is -3.74. The van der Waals surface area contributed by atoms with Crippen LogP contribution in [0.4, 0.5) is 10.8 Å². The third-order valence-electron chi connectivity index (χ3n) is 4.43. The van der Waals surface area contributed by atoms with E-state index in [4.69, 9.17) is 5.14 Å². The van der Waals surface area contributed by atoms with Gasteiger partial charge in [-0.2, -0.15) is 0 Å². The maximum absolute atomic E-state index is 12.3. The summed E-state index contributed by atoms with van der Waals surface area (Å²) < 4.78 is 23.4. The van der Waals surface area contributed by atoms with Crippen LogP contribution in [0.2, 0.25) is 0 Å². The molecule has 0 aliphatic rings. The van der Waals surface area contributed by atoms with Gasteiger partial charge in [0.15, 0.2) is 4.34 Å². The lowest BCUT2D eigenvalue weighted by molar-refractivity contribution is -0.119. The van der Waals surface area contributed by atoms with Crippen LogP contribution in [-0.4, -0.2) is 30.3 Å². The monoisotopic (exact) mass is 477 g/mol. The van der Waals surface area contributed by atoms with Gasteiger partial charge >= 0.3 is 0 Å². The summed E-state index contributed by atoms with van der Waals surface area (Å²) in [4.78, 5) is 12.3. The minimum absolute atomic E-state index is 0.0346. The Hall–Kier alpha value is -2.47. The zero-order valence-corrected chi connectivity index (χ0v) is 19.5. The first-order chi connectivity index (χ1) is 14.7. The molecule has 1 heterocycles. The van der Waals surface area contributed by atoms with Gasteiger partial charge in [0.25, 0.3) is 0 Å². The van der Waals surface area contributed by atoms with Crippen molar-refractivity contribution in [2.24, 2.45) is 5.14 Å². The molecule has 0 fully saturated rings. The quantitative estimate of drug-likeness (QED) is 0.403. The molecule has 0 spiro atoms. The number of thioether (sulfide) groups is 1. The van der Waals surface area contributed by atoms with Gasteiger partial charge in [-0.1, -0.05) is 54.3 Å². The Bertz CT molecular complexity index is 1130. The van der Waals surface area contributed by atoms with Crippen LogP contribution in [0.25, 0.3) is 0 Å². The van der Waals surface area contributed by atoms with Crippen LogP contribution in [0.5, 0.6) is 0 Å². The van der Waals surface area contributed by atoms with E-state index in [1.54, 1.807) is 12.1 Å². The number of nitrogens with one attached hydrogen (secondary N) is 2. The summed E-state index contributed by atoms with van der Waals surface area (Å²) in [6.07, 6.45) is 0.988. The fourth-order valence-corrected chi connectivity index (χ4v) is 4.80. The van der Waals surface area contributed by atoms with E-state index < -0.39 is 10.0 Å². The van der Waals surface area contributed by atoms with E-state index >= 15 is 0 Å². The molecule has 0 radical (unpaired) electrons. The van der Waals surface area contributed by atoms with Crippen molar-refractivity contribution >= 4 is 49.8 Å². The van der Waals surface area contributed by atoms with Gasteiger partial charge in [0.1, 0.15) is 0 Å². The molecular weight excluding hydrogens is 454 g/mol. The van der Waals surface area contributed by atoms with Crippen LogP contribution in [0.15, 0.2) is 57.8 Å². The summed E-state index contributed by atoms with van der Waals surface area (Å²) in [6, 6.07) is 14.0. The van der Waals surface area contributed by atoms with Crippen molar-refractivity contribution in [3.05, 3.63) is 59.7 Å². The van der Waals surface area contributed by atoms with Crippen molar-refractivity contribution in [2.45, 2.75) is 35.5 Å². The third kappa shape index (κ3) is 6.76. The first-order valence-corrected chi connectivity index (χ1v) is 12.8. The Balaban J connectivity index is 1.49. The van der Waals surface area contributed by atoms with Gasteiger partial charge in [-0.3, -0.25) is 4.79 Å². The zero-order valence-electron chi connectivity index (χ0n) is 17.0. The number of nitrogens with zero attached hydrogens (tertiary/aromatic N) is 2. The normalized spacial score (nSPS) is 12.4. The number of sulfonamides is 1. The molecule has 0 bridgehead atoms. The van der Waals surface area contributed by atoms with Crippen molar-refractivity contribution in [3.63, 3.8) is 0 Å². The van der Waals surface area contributed by atoms with Gasteiger partial charge in [-0.15, -0.1) is 10.2 Å². The van der Waals surface area contributed by atoms with E-state index in [-0.39, 0.29) is 22.6 Å².